The molecule has 1 aromatic rings. The van der Waals surface area contributed by atoms with Gasteiger partial charge in [0.2, 0.25) is 11.8 Å². The Morgan fingerprint density at radius 2 is 1.65 bits per heavy atom. The lowest BCUT2D eigenvalue weighted by molar-refractivity contribution is -0.142. The van der Waals surface area contributed by atoms with E-state index >= 15 is 0 Å². The molecule has 0 aliphatic heterocycles. The Labute approximate surface area is 236 Å². The average Bonchev–Trinajstić information content (AvgIpc) is 2.92. The minimum Gasteiger partial charge on any atom is -0.480 e. The Bertz CT molecular complexity index is 963. The first-order valence-electron chi connectivity index (χ1n) is 14.2. The predicted molar refractivity (Wildman–Crippen MR) is 153 cm³/mol. The fourth-order valence-corrected chi connectivity index (χ4v) is 4.63. The van der Waals surface area contributed by atoms with Crippen LogP contribution in [0.15, 0.2) is 35.3 Å². The Morgan fingerprint density at radius 1 is 0.925 bits per heavy atom. The summed E-state index contributed by atoms with van der Waals surface area (Å²) in [7, 11) is 0. The van der Waals surface area contributed by atoms with Crippen LogP contribution >= 0.6 is 0 Å². The van der Waals surface area contributed by atoms with Crippen LogP contribution < -0.4 is 32.7 Å². The highest BCUT2D eigenvalue weighted by Crippen LogP contribution is 2.17. The number of amides is 4. The number of unbranched alkanes of at least 4 members (excludes halogenated alkanes) is 2. The van der Waals surface area contributed by atoms with Gasteiger partial charge in [0.1, 0.15) is 12.1 Å². The van der Waals surface area contributed by atoms with E-state index in [4.69, 9.17) is 11.5 Å². The zero-order valence-corrected chi connectivity index (χ0v) is 23.2. The third-order valence-corrected chi connectivity index (χ3v) is 6.80. The van der Waals surface area contributed by atoms with Crippen molar-refractivity contribution in [1.29, 1.82) is 0 Å². The first-order chi connectivity index (χ1) is 19.2. The molecule has 1 fully saturated rings. The number of guanidine groups is 1. The van der Waals surface area contributed by atoms with Gasteiger partial charge < -0.3 is 37.8 Å². The van der Waals surface area contributed by atoms with E-state index in [0.29, 0.717) is 19.4 Å². The molecule has 1 aliphatic carbocycles. The number of benzene rings is 1. The van der Waals surface area contributed by atoms with Crippen LogP contribution in [0.5, 0.6) is 0 Å². The van der Waals surface area contributed by atoms with Gasteiger partial charge in [0.05, 0.1) is 0 Å². The molecule has 12 nitrogen and oxygen atoms in total. The number of nitrogens with two attached hydrogens (primary N) is 2. The summed E-state index contributed by atoms with van der Waals surface area (Å²) >= 11 is 0. The fourth-order valence-electron chi connectivity index (χ4n) is 4.63. The van der Waals surface area contributed by atoms with Crippen LogP contribution in [0.25, 0.3) is 0 Å². The van der Waals surface area contributed by atoms with Crippen molar-refractivity contribution in [2.24, 2.45) is 16.5 Å². The normalized spacial score (nSPS) is 14.8. The number of aliphatic carboxylic acids is 1. The van der Waals surface area contributed by atoms with E-state index in [9.17, 15) is 24.3 Å². The number of carbonyl (C=O) groups is 4. The number of urea groups is 1. The Morgan fingerprint density at radius 3 is 2.33 bits per heavy atom. The topological polar surface area (TPSA) is 201 Å². The largest absolute Gasteiger partial charge is 0.480 e. The monoisotopic (exact) mass is 559 g/mol. The van der Waals surface area contributed by atoms with Gasteiger partial charge in [-0.1, -0.05) is 56.0 Å². The molecule has 0 saturated heterocycles. The highest BCUT2D eigenvalue weighted by molar-refractivity contribution is 5.90. The number of carboxylic acid groups (broad SMARTS) is 1. The quantitative estimate of drug-likeness (QED) is 0.0851. The lowest BCUT2D eigenvalue weighted by atomic mass is 9.96. The molecule has 9 N–H and O–H groups in total. The number of carbonyl (C=O) groups excluding carboxylic acids is 3. The smallest absolute Gasteiger partial charge is 0.326 e. The number of rotatable bonds is 17. The van der Waals surface area contributed by atoms with Crippen LogP contribution in [0.4, 0.5) is 4.79 Å². The van der Waals surface area contributed by atoms with E-state index in [1.165, 1.54) is 6.42 Å². The lowest BCUT2D eigenvalue weighted by Crippen LogP contribution is -2.52. The van der Waals surface area contributed by atoms with Gasteiger partial charge >= 0.3 is 12.0 Å². The van der Waals surface area contributed by atoms with Gasteiger partial charge in [0, 0.05) is 32.0 Å². The van der Waals surface area contributed by atoms with Gasteiger partial charge in [-0.15, -0.1) is 0 Å². The van der Waals surface area contributed by atoms with Gasteiger partial charge in [-0.25, -0.2) is 9.59 Å². The van der Waals surface area contributed by atoms with Crippen molar-refractivity contribution in [3.05, 3.63) is 35.9 Å². The van der Waals surface area contributed by atoms with E-state index in [1.807, 2.05) is 30.3 Å². The SMILES string of the molecule is NC(N)=NCCC[C@H](NC(=O)[C@H](Cc1ccccc1)NC(=O)CCCCCNC(=O)NC1CCCCC1)C(=O)O. The zero-order valence-electron chi connectivity index (χ0n) is 23.2. The van der Waals surface area contributed by atoms with E-state index in [-0.39, 0.29) is 49.7 Å². The number of nitrogens with zero attached hydrogens (tertiary/aromatic N) is 1. The number of hydrogen-bond acceptors (Lipinski definition) is 5. The summed E-state index contributed by atoms with van der Waals surface area (Å²) in [6, 6.07) is 7.24. The molecule has 0 unspecified atom stereocenters. The van der Waals surface area contributed by atoms with E-state index in [0.717, 1.165) is 44.1 Å². The van der Waals surface area contributed by atoms with Crippen molar-refractivity contribution in [1.82, 2.24) is 21.3 Å². The highest BCUT2D eigenvalue weighted by Gasteiger charge is 2.26. The van der Waals surface area contributed by atoms with Crippen LogP contribution in [0, 0.1) is 0 Å². The summed E-state index contributed by atoms with van der Waals surface area (Å²) < 4.78 is 0. The minimum atomic E-state index is -1.18. The van der Waals surface area contributed by atoms with Gasteiger partial charge in [-0.2, -0.15) is 0 Å². The van der Waals surface area contributed by atoms with Crippen LogP contribution in [-0.2, 0) is 20.8 Å². The molecule has 12 heteroatoms. The molecular weight excluding hydrogens is 514 g/mol. The maximum Gasteiger partial charge on any atom is 0.326 e. The van der Waals surface area contributed by atoms with Crippen LogP contribution in [0.2, 0.25) is 0 Å². The lowest BCUT2D eigenvalue weighted by Gasteiger charge is -2.22. The standard InChI is InChI=1S/C28H45N7O5/c29-27(30)31-18-10-15-22(26(38)39)35-25(37)23(19-20-11-4-1-5-12-20)34-24(36)16-8-3-9-17-32-28(40)33-21-13-6-2-7-14-21/h1,4-5,11-12,21-23H,2-3,6-10,13-19H2,(H,34,36)(H,35,37)(H,38,39)(H4,29,30,31)(H2,32,33,40)/t22-,23-/m0/s1. The van der Waals surface area contributed by atoms with Crippen molar-refractivity contribution in [3.8, 4) is 0 Å². The molecule has 0 bridgehead atoms. The first-order valence-corrected chi connectivity index (χ1v) is 14.2. The Balaban J connectivity index is 1.79. The van der Waals surface area contributed by atoms with E-state index < -0.39 is 24.0 Å². The van der Waals surface area contributed by atoms with E-state index in [2.05, 4.69) is 26.3 Å². The second-order valence-corrected chi connectivity index (χ2v) is 10.2. The van der Waals surface area contributed by atoms with E-state index in [1.54, 1.807) is 0 Å². The molecule has 1 saturated carbocycles. The fraction of sp³-hybridized carbons (Fsp3) is 0.607. The van der Waals surface area contributed by atoms with Gasteiger partial charge in [-0.3, -0.25) is 14.6 Å². The van der Waals surface area contributed by atoms with Crippen LogP contribution in [0.1, 0.15) is 76.2 Å². The maximum atomic E-state index is 13.1. The second-order valence-electron chi connectivity index (χ2n) is 10.2. The van der Waals surface area contributed by atoms with Crippen molar-refractivity contribution in [2.75, 3.05) is 13.1 Å². The molecule has 0 radical (unpaired) electrons. The summed E-state index contributed by atoms with van der Waals surface area (Å²) in [6.07, 6.45) is 8.61. The summed E-state index contributed by atoms with van der Waals surface area (Å²) in [5.74, 6) is -2.12. The summed E-state index contributed by atoms with van der Waals surface area (Å²) in [6.45, 7) is 0.770. The Kier molecular flexibility index (Phi) is 14.9. The zero-order chi connectivity index (χ0) is 29.2. The van der Waals surface area contributed by atoms with Crippen molar-refractivity contribution < 1.29 is 24.3 Å². The molecule has 0 aromatic heterocycles. The Hall–Kier alpha value is -3.83. The average molecular weight is 560 g/mol. The number of aliphatic imine (C=N–C) groups is 1. The molecule has 222 valence electrons. The molecule has 4 amide bonds. The van der Waals surface area contributed by atoms with Gasteiger partial charge in [-0.05, 0) is 44.1 Å². The molecule has 0 spiro atoms. The summed E-state index contributed by atoms with van der Waals surface area (Å²) in [4.78, 5) is 53.3. The van der Waals surface area contributed by atoms with Gasteiger partial charge in [0.25, 0.3) is 0 Å². The maximum absolute atomic E-state index is 13.1. The molecule has 2 rings (SSSR count). The number of nitrogens with one attached hydrogen (secondary N) is 4. The number of carboxylic acids is 1. The molecule has 1 aromatic carbocycles. The predicted octanol–water partition coefficient (Wildman–Crippen LogP) is 1.53. The van der Waals surface area contributed by atoms with Crippen LogP contribution in [0.3, 0.4) is 0 Å². The van der Waals surface area contributed by atoms with Gasteiger partial charge in [0.15, 0.2) is 5.96 Å². The second kappa shape index (κ2) is 18.5. The molecular formula is C28H45N7O5. The molecule has 0 heterocycles. The summed E-state index contributed by atoms with van der Waals surface area (Å²) in [5, 5.41) is 20.8. The number of hydrogen-bond donors (Lipinski definition) is 7. The van der Waals surface area contributed by atoms with Crippen molar-refractivity contribution in [3.63, 3.8) is 0 Å². The third kappa shape index (κ3) is 13.8. The van der Waals surface area contributed by atoms with Crippen molar-refractivity contribution >= 4 is 29.8 Å². The summed E-state index contributed by atoms with van der Waals surface area (Å²) in [5.41, 5.74) is 11.4. The third-order valence-electron chi connectivity index (χ3n) is 6.80. The molecule has 1 aliphatic rings. The minimum absolute atomic E-state index is 0.0852. The highest BCUT2D eigenvalue weighted by atomic mass is 16.4. The van der Waals surface area contributed by atoms with Crippen molar-refractivity contribution in [2.45, 2.75) is 95.2 Å². The molecule has 40 heavy (non-hydrogen) atoms. The first kappa shape index (κ1) is 32.4. The van der Waals surface area contributed by atoms with Crippen LogP contribution in [-0.4, -0.2) is 66.1 Å². The molecule has 2 atom stereocenters.